The van der Waals surface area contributed by atoms with Crippen molar-refractivity contribution < 1.29 is 0 Å². The van der Waals surface area contributed by atoms with Crippen molar-refractivity contribution in [2.45, 2.75) is 33.2 Å². The van der Waals surface area contributed by atoms with Crippen LogP contribution in [-0.2, 0) is 0 Å². The third-order valence-electron chi connectivity index (χ3n) is 1.47. The molecule has 0 bridgehead atoms. The summed E-state index contributed by atoms with van der Waals surface area (Å²) >= 11 is 0. The Morgan fingerprint density at radius 3 is 2.27 bits per heavy atom. The number of nitrogens with two attached hydrogens (primary N) is 1. The summed E-state index contributed by atoms with van der Waals surface area (Å²) in [6, 6.07) is 0. The largest absolute Gasteiger partial charge is 0.368 e. The molecule has 0 spiro atoms. The van der Waals surface area contributed by atoms with Crippen LogP contribution < -0.4 is 16.4 Å². The Kier molecular flexibility index (Phi) is 3.28. The number of aromatic nitrogens is 3. The molecule has 0 saturated carbocycles. The zero-order chi connectivity index (χ0) is 11.5. The van der Waals surface area contributed by atoms with E-state index in [1.54, 1.807) is 0 Å². The summed E-state index contributed by atoms with van der Waals surface area (Å²) in [4.78, 5) is 12.1. The molecule has 1 aromatic heterocycles. The Balaban J connectivity index is 2.88. The highest BCUT2D eigenvalue weighted by Gasteiger charge is 2.12. The number of hydrogen-bond donors (Lipinski definition) is 3. The first kappa shape index (κ1) is 11.5. The third-order valence-corrected chi connectivity index (χ3v) is 1.47. The molecule has 15 heavy (non-hydrogen) atoms. The van der Waals surface area contributed by atoms with Gasteiger partial charge in [-0.25, -0.2) is 0 Å². The smallest absolute Gasteiger partial charge is 0.229 e. The summed E-state index contributed by atoms with van der Waals surface area (Å²) in [7, 11) is 0. The summed E-state index contributed by atoms with van der Waals surface area (Å²) in [6.07, 6.45) is 0. The van der Waals surface area contributed by atoms with Crippen molar-refractivity contribution in [3.05, 3.63) is 0 Å². The van der Waals surface area contributed by atoms with E-state index in [0.717, 1.165) is 6.54 Å². The summed E-state index contributed by atoms with van der Waals surface area (Å²) < 4.78 is 0. The highest BCUT2D eigenvalue weighted by atomic mass is 15.3. The van der Waals surface area contributed by atoms with Crippen LogP contribution in [0.15, 0.2) is 0 Å². The third kappa shape index (κ3) is 3.97. The maximum Gasteiger partial charge on any atom is 0.229 e. The fraction of sp³-hybridized carbons (Fsp3) is 0.667. The van der Waals surface area contributed by atoms with Gasteiger partial charge in [0.2, 0.25) is 17.8 Å². The molecule has 1 rings (SSSR count). The molecule has 1 heterocycles. The molecule has 6 heteroatoms. The molecular formula is C9H18N6. The Labute approximate surface area is 89.7 Å². The number of nitrogens with one attached hydrogen (secondary N) is 2. The van der Waals surface area contributed by atoms with Gasteiger partial charge < -0.3 is 16.4 Å². The van der Waals surface area contributed by atoms with Gasteiger partial charge in [0.1, 0.15) is 0 Å². The van der Waals surface area contributed by atoms with Gasteiger partial charge in [-0.2, -0.15) is 15.0 Å². The molecule has 6 nitrogen and oxygen atoms in total. The average molecular weight is 210 g/mol. The van der Waals surface area contributed by atoms with Crippen molar-refractivity contribution >= 4 is 17.8 Å². The zero-order valence-corrected chi connectivity index (χ0v) is 9.63. The van der Waals surface area contributed by atoms with Crippen LogP contribution in [0.4, 0.5) is 17.8 Å². The molecule has 0 unspecified atom stereocenters. The molecule has 0 fully saturated rings. The monoisotopic (exact) mass is 210 g/mol. The first-order valence-electron chi connectivity index (χ1n) is 4.94. The molecule has 84 valence electrons. The van der Waals surface area contributed by atoms with E-state index in [1.165, 1.54) is 0 Å². The topological polar surface area (TPSA) is 88.8 Å². The van der Waals surface area contributed by atoms with Crippen LogP contribution in [-0.4, -0.2) is 27.0 Å². The van der Waals surface area contributed by atoms with Crippen LogP contribution in [0.3, 0.4) is 0 Å². The molecule has 0 aliphatic carbocycles. The first-order chi connectivity index (χ1) is 6.90. The van der Waals surface area contributed by atoms with E-state index in [9.17, 15) is 0 Å². The van der Waals surface area contributed by atoms with E-state index >= 15 is 0 Å². The van der Waals surface area contributed by atoms with Crippen molar-refractivity contribution in [2.24, 2.45) is 0 Å². The van der Waals surface area contributed by atoms with E-state index in [0.29, 0.717) is 11.9 Å². The van der Waals surface area contributed by atoms with Gasteiger partial charge in [-0.3, -0.25) is 0 Å². The lowest BCUT2D eigenvalue weighted by Gasteiger charge is -2.20. The summed E-state index contributed by atoms with van der Waals surface area (Å²) in [5.41, 5.74) is 5.47. The molecule has 0 aliphatic heterocycles. The molecule has 0 saturated heterocycles. The quantitative estimate of drug-likeness (QED) is 0.692. The maximum atomic E-state index is 5.57. The second kappa shape index (κ2) is 4.29. The number of anilines is 3. The van der Waals surface area contributed by atoms with E-state index < -0.39 is 0 Å². The lowest BCUT2D eigenvalue weighted by molar-refractivity contribution is 0.625. The predicted octanol–water partition coefficient (Wildman–Crippen LogP) is 1.10. The minimum atomic E-state index is -0.0999. The van der Waals surface area contributed by atoms with Gasteiger partial charge in [0.15, 0.2) is 0 Å². The lowest BCUT2D eigenvalue weighted by Crippen LogP contribution is -2.28. The highest BCUT2D eigenvalue weighted by molar-refractivity contribution is 5.40. The van der Waals surface area contributed by atoms with Crippen LogP contribution in [0, 0.1) is 0 Å². The minimum absolute atomic E-state index is 0.0999. The second-order valence-electron chi connectivity index (χ2n) is 4.25. The van der Waals surface area contributed by atoms with Gasteiger partial charge >= 0.3 is 0 Å². The van der Waals surface area contributed by atoms with E-state index in [2.05, 4.69) is 25.6 Å². The van der Waals surface area contributed by atoms with Crippen molar-refractivity contribution in [2.75, 3.05) is 22.9 Å². The van der Waals surface area contributed by atoms with Crippen LogP contribution in [0.25, 0.3) is 0 Å². The van der Waals surface area contributed by atoms with Gasteiger partial charge in [-0.05, 0) is 27.7 Å². The van der Waals surface area contributed by atoms with E-state index in [-0.39, 0.29) is 11.5 Å². The molecule has 1 aromatic rings. The molecule has 0 aliphatic rings. The number of nitrogens with zero attached hydrogens (tertiary/aromatic N) is 3. The number of rotatable bonds is 3. The van der Waals surface area contributed by atoms with Gasteiger partial charge in [0, 0.05) is 12.1 Å². The fourth-order valence-corrected chi connectivity index (χ4v) is 1.02. The van der Waals surface area contributed by atoms with Crippen molar-refractivity contribution in [1.29, 1.82) is 0 Å². The molecular weight excluding hydrogens is 192 g/mol. The Hall–Kier alpha value is -1.59. The van der Waals surface area contributed by atoms with E-state index in [1.807, 2.05) is 27.7 Å². The Bertz CT molecular complexity index is 330. The molecule has 4 N–H and O–H groups in total. The van der Waals surface area contributed by atoms with Gasteiger partial charge in [0.05, 0.1) is 0 Å². The van der Waals surface area contributed by atoms with Gasteiger partial charge in [-0.15, -0.1) is 0 Å². The highest BCUT2D eigenvalue weighted by Crippen LogP contribution is 2.12. The Morgan fingerprint density at radius 2 is 1.73 bits per heavy atom. The van der Waals surface area contributed by atoms with Crippen LogP contribution in [0.2, 0.25) is 0 Å². The number of hydrogen-bond acceptors (Lipinski definition) is 6. The van der Waals surface area contributed by atoms with Crippen LogP contribution in [0.5, 0.6) is 0 Å². The summed E-state index contributed by atoms with van der Waals surface area (Å²) in [6.45, 7) is 8.80. The van der Waals surface area contributed by atoms with Gasteiger partial charge in [-0.1, -0.05) is 0 Å². The number of nitrogen functional groups attached to an aromatic ring is 1. The van der Waals surface area contributed by atoms with Crippen molar-refractivity contribution in [3.8, 4) is 0 Å². The van der Waals surface area contributed by atoms with Crippen molar-refractivity contribution in [3.63, 3.8) is 0 Å². The Morgan fingerprint density at radius 1 is 1.13 bits per heavy atom. The van der Waals surface area contributed by atoms with Crippen LogP contribution >= 0.6 is 0 Å². The zero-order valence-electron chi connectivity index (χ0n) is 9.63. The molecule has 0 atom stereocenters. The summed E-state index contributed by atoms with van der Waals surface area (Å²) in [5.74, 6) is 1.20. The average Bonchev–Trinajstić information content (AvgIpc) is 1.99. The SMILES string of the molecule is CCNc1nc(N)nc(NC(C)(C)C)n1. The predicted molar refractivity (Wildman–Crippen MR) is 61.8 cm³/mol. The van der Waals surface area contributed by atoms with Crippen LogP contribution in [0.1, 0.15) is 27.7 Å². The first-order valence-corrected chi connectivity index (χ1v) is 4.94. The molecule has 0 radical (unpaired) electrons. The maximum absolute atomic E-state index is 5.57. The fourth-order valence-electron chi connectivity index (χ4n) is 1.02. The second-order valence-corrected chi connectivity index (χ2v) is 4.25. The lowest BCUT2D eigenvalue weighted by atomic mass is 10.1. The molecule has 0 amide bonds. The van der Waals surface area contributed by atoms with Crippen molar-refractivity contribution in [1.82, 2.24) is 15.0 Å². The minimum Gasteiger partial charge on any atom is -0.368 e. The summed E-state index contributed by atoms with van der Waals surface area (Å²) in [5, 5.41) is 6.13. The normalized spacial score (nSPS) is 11.2. The van der Waals surface area contributed by atoms with E-state index in [4.69, 9.17) is 5.73 Å². The molecule has 0 aromatic carbocycles. The standard InChI is InChI=1S/C9H18N6/c1-5-11-7-12-6(10)13-8(14-7)15-9(2,3)4/h5H2,1-4H3,(H4,10,11,12,13,14,15). The van der Waals surface area contributed by atoms with Gasteiger partial charge in [0.25, 0.3) is 0 Å².